The molecule has 1 aliphatic rings. The van der Waals surface area contributed by atoms with E-state index in [0.29, 0.717) is 0 Å². The number of fused-ring (bicyclic) bond motifs is 12. The van der Waals surface area contributed by atoms with Gasteiger partial charge in [-0.15, -0.1) is 0 Å². The molecule has 0 atom stereocenters. The van der Waals surface area contributed by atoms with Gasteiger partial charge in [-0.3, -0.25) is 0 Å². The van der Waals surface area contributed by atoms with Crippen LogP contribution in [0, 0.1) is 0 Å². The van der Waals surface area contributed by atoms with E-state index in [1.807, 2.05) is 24.3 Å². The van der Waals surface area contributed by atoms with E-state index in [4.69, 9.17) is 9.31 Å². The fraction of sp³-hybridized carbons (Fsp3) is 0.127. The second-order valence-corrected chi connectivity index (χ2v) is 19.0. The van der Waals surface area contributed by atoms with Gasteiger partial charge in [0.15, 0.2) is 0 Å². The zero-order chi connectivity index (χ0) is 41.6. The summed E-state index contributed by atoms with van der Waals surface area (Å²) in [5.41, 5.74) is 2.88. The van der Waals surface area contributed by atoms with Crippen LogP contribution in [0.2, 0.25) is 0 Å². The standard InChI is InChI=1S/C24H23BO2.C24H15Br.C6H4Br2.CH4/c1-23(2)24(3,4)27-25(26-23)16-13-14-21-19-11-6-5-9-17(19)18-10-7-8-12-20(18)22(21)15-16;25-18-7-5-6-16(14-18)17-12-13-23-21-10-2-1-8-19(21)20-9-3-4-11-22(20)24(23)15-17;7-5-2-1-3-6(8)4-5;/h5-15H,1-4H3;1-15H;1-4H;1H4. The molecule has 0 aromatic heterocycles. The molecule has 0 radical (unpaired) electrons. The van der Waals surface area contributed by atoms with E-state index in [1.165, 1.54) is 75.8 Å². The maximum atomic E-state index is 6.28. The largest absolute Gasteiger partial charge is 0.494 e. The van der Waals surface area contributed by atoms with Crippen LogP contribution in [-0.4, -0.2) is 18.3 Å². The van der Waals surface area contributed by atoms with Crippen molar-refractivity contribution >= 4 is 125 Å². The minimum absolute atomic E-state index is 0. The number of benzene rings is 10. The molecule has 0 bridgehead atoms. The highest BCUT2D eigenvalue weighted by Crippen LogP contribution is 2.39. The molecule has 10 aromatic carbocycles. The first kappa shape index (κ1) is 42.9. The predicted octanol–water partition coefficient (Wildman–Crippen LogP) is 16.9. The summed E-state index contributed by atoms with van der Waals surface area (Å²) in [6.07, 6.45) is 0. The van der Waals surface area contributed by atoms with E-state index < -0.39 is 0 Å². The Bertz CT molecular complexity index is 3130. The van der Waals surface area contributed by atoms with Crippen LogP contribution in [-0.2, 0) is 9.31 Å². The van der Waals surface area contributed by atoms with Crippen LogP contribution in [0.25, 0.3) is 75.8 Å². The molecular weight excluding hydrogens is 943 g/mol. The van der Waals surface area contributed by atoms with Crippen molar-refractivity contribution in [2.75, 3.05) is 0 Å². The Kier molecular flexibility index (Phi) is 12.3. The average molecular weight is 989 g/mol. The molecule has 6 heteroatoms. The first-order valence-electron chi connectivity index (χ1n) is 20.2. The Labute approximate surface area is 384 Å². The Morgan fingerprint density at radius 2 is 0.656 bits per heavy atom. The topological polar surface area (TPSA) is 18.5 Å². The minimum Gasteiger partial charge on any atom is -0.399 e. The highest BCUT2D eigenvalue weighted by atomic mass is 79.9. The summed E-state index contributed by atoms with van der Waals surface area (Å²) in [7, 11) is -0.343. The van der Waals surface area contributed by atoms with Crippen LogP contribution in [0.5, 0.6) is 0 Å². The van der Waals surface area contributed by atoms with E-state index in [-0.39, 0.29) is 25.7 Å². The van der Waals surface area contributed by atoms with Crippen LogP contribution < -0.4 is 5.46 Å². The van der Waals surface area contributed by atoms with Crippen molar-refractivity contribution in [1.29, 1.82) is 0 Å². The first-order valence-corrected chi connectivity index (χ1v) is 22.5. The van der Waals surface area contributed by atoms with Gasteiger partial charge in [-0.05, 0) is 145 Å². The quantitative estimate of drug-likeness (QED) is 0.127. The minimum atomic E-state index is -0.343. The molecular formula is C55H46BBr3O2. The molecule has 0 saturated carbocycles. The van der Waals surface area contributed by atoms with E-state index in [0.717, 1.165) is 18.9 Å². The predicted molar refractivity (Wildman–Crippen MR) is 275 cm³/mol. The van der Waals surface area contributed by atoms with Gasteiger partial charge in [-0.1, -0.05) is 201 Å². The highest BCUT2D eigenvalue weighted by molar-refractivity contribution is 9.11. The van der Waals surface area contributed by atoms with E-state index in [9.17, 15) is 0 Å². The summed E-state index contributed by atoms with van der Waals surface area (Å²) in [5.74, 6) is 0. The van der Waals surface area contributed by atoms with Gasteiger partial charge in [0.2, 0.25) is 0 Å². The molecule has 0 amide bonds. The van der Waals surface area contributed by atoms with Gasteiger partial charge >= 0.3 is 7.12 Å². The lowest BCUT2D eigenvalue weighted by atomic mass is 9.77. The molecule has 11 rings (SSSR count). The molecule has 2 nitrogen and oxygen atoms in total. The Morgan fingerprint density at radius 1 is 0.328 bits per heavy atom. The Morgan fingerprint density at radius 3 is 1.05 bits per heavy atom. The summed E-state index contributed by atoms with van der Waals surface area (Å²) in [6.45, 7) is 8.38. The second kappa shape index (κ2) is 17.5. The average Bonchev–Trinajstić information content (AvgIpc) is 3.49. The van der Waals surface area contributed by atoms with Crippen molar-refractivity contribution in [2.45, 2.75) is 46.3 Å². The fourth-order valence-corrected chi connectivity index (χ4v) is 9.77. The maximum absolute atomic E-state index is 6.28. The monoisotopic (exact) mass is 986 g/mol. The molecule has 0 aliphatic carbocycles. The summed E-state index contributed by atoms with van der Waals surface area (Å²) in [4.78, 5) is 0. The zero-order valence-corrected chi connectivity index (χ0v) is 38.6. The lowest BCUT2D eigenvalue weighted by Gasteiger charge is -2.32. The molecule has 1 saturated heterocycles. The van der Waals surface area contributed by atoms with Gasteiger partial charge < -0.3 is 9.31 Å². The van der Waals surface area contributed by atoms with Crippen molar-refractivity contribution < 1.29 is 9.31 Å². The lowest BCUT2D eigenvalue weighted by molar-refractivity contribution is 0.00578. The normalized spacial score (nSPS) is 14.1. The molecule has 1 aliphatic heterocycles. The molecule has 1 heterocycles. The van der Waals surface area contributed by atoms with E-state index in [1.54, 1.807) is 0 Å². The number of rotatable bonds is 2. The second-order valence-electron chi connectivity index (χ2n) is 16.3. The third-order valence-corrected chi connectivity index (χ3v) is 13.5. The molecule has 302 valence electrons. The lowest BCUT2D eigenvalue weighted by Crippen LogP contribution is -2.41. The van der Waals surface area contributed by atoms with Crippen LogP contribution in [0.3, 0.4) is 0 Å². The summed E-state index contributed by atoms with van der Waals surface area (Å²) < 4.78 is 15.9. The van der Waals surface area contributed by atoms with E-state index >= 15 is 0 Å². The zero-order valence-electron chi connectivity index (χ0n) is 33.8. The van der Waals surface area contributed by atoms with Gasteiger partial charge in [0.05, 0.1) is 11.2 Å². The third-order valence-electron chi connectivity index (χ3n) is 12.0. The molecule has 1 fully saturated rings. The number of halogens is 3. The molecule has 61 heavy (non-hydrogen) atoms. The highest BCUT2D eigenvalue weighted by Gasteiger charge is 2.51. The smallest absolute Gasteiger partial charge is 0.399 e. The number of hydrogen-bond donors (Lipinski definition) is 0. The Hall–Kier alpha value is -4.82. The molecule has 0 spiro atoms. The van der Waals surface area contributed by atoms with Crippen molar-refractivity contribution in [3.8, 4) is 11.1 Å². The first-order chi connectivity index (χ1) is 29.0. The van der Waals surface area contributed by atoms with Crippen LogP contribution in [0.15, 0.2) is 195 Å². The van der Waals surface area contributed by atoms with Crippen LogP contribution in [0.1, 0.15) is 35.1 Å². The molecule has 0 N–H and O–H groups in total. The van der Waals surface area contributed by atoms with Crippen molar-refractivity contribution in [2.24, 2.45) is 0 Å². The SMILES string of the molecule is Brc1cccc(-c2ccc3c4ccccc4c4ccccc4c3c2)c1.Brc1cccc(Br)c1.C.CC1(C)OB(c2ccc3c4ccccc4c4ccccc4c3c2)OC1(C)C. The van der Waals surface area contributed by atoms with Crippen molar-refractivity contribution in [1.82, 2.24) is 0 Å². The molecule has 0 unspecified atom stereocenters. The summed E-state index contributed by atoms with van der Waals surface area (Å²) >= 11 is 10.2. The van der Waals surface area contributed by atoms with Crippen molar-refractivity contribution in [3.05, 3.63) is 195 Å². The van der Waals surface area contributed by atoms with Crippen LogP contribution >= 0.6 is 47.8 Å². The molecule has 10 aromatic rings. The van der Waals surface area contributed by atoms with Crippen molar-refractivity contribution in [3.63, 3.8) is 0 Å². The maximum Gasteiger partial charge on any atom is 0.494 e. The van der Waals surface area contributed by atoms with Gasteiger partial charge in [0.25, 0.3) is 0 Å². The fourth-order valence-electron chi connectivity index (χ4n) is 8.27. The van der Waals surface area contributed by atoms with Gasteiger partial charge in [-0.2, -0.15) is 0 Å². The summed E-state index contributed by atoms with van der Waals surface area (Å²) in [6, 6.07) is 64.5. The Balaban J connectivity index is 0.000000141. The number of hydrogen-bond acceptors (Lipinski definition) is 2. The van der Waals surface area contributed by atoms with Crippen LogP contribution in [0.4, 0.5) is 0 Å². The third kappa shape index (κ3) is 8.42. The summed E-state index contributed by atoms with van der Waals surface area (Å²) in [5, 5.41) is 15.5. The van der Waals surface area contributed by atoms with E-state index in [2.05, 4.69) is 233 Å². The van der Waals surface area contributed by atoms with Gasteiger partial charge in [0.1, 0.15) is 0 Å². The van der Waals surface area contributed by atoms with Gasteiger partial charge in [0, 0.05) is 13.4 Å². The van der Waals surface area contributed by atoms with Gasteiger partial charge in [-0.25, -0.2) is 0 Å².